The average molecular weight is 822 g/mol. The quantitative estimate of drug-likeness (QED) is 0.121. The van der Waals surface area contributed by atoms with Crippen LogP contribution in [0, 0.1) is 13.8 Å². The molecule has 0 saturated carbocycles. The molecular weight excluding hydrogens is 786 g/mol. The Morgan fingerprint density at radius 1 is 0.407 bits per heavy atom. The third kappa shape index (κ3) is 7.37. The predicted octanol–water partition coefficient (Wildman–Crippen LogP) is 10.8. The van der Waals surface area contributed by atoms with Gasteiger partial charge in [0, 0.05) is 0 Å². The second-order valence-corrected chi connectivity index (χ2v) is 14.2. The Labute approximate surface area is 354 Å². The van der Waals surface area contributed by atoms with Crippen LogP contribution in [0.4, 0.5) is 0 Å². The number of hydrogen-bond acceptors (Lipinski definition) is 6. The predicted molar refractivity (Wildman–Crippen MR) is 231 cm³/mol. The molecule has 0 fully saturated rings. The zero-order valence-electron chi connectivity index (χ0n) is 33.0. The SMILES string of the molecule is COC(=O)c1ccc(-c2c3nc(c(-c4ccc(C(=O)OC)cc4)c4ccc([n-]4)c(-c4ccc(C)cc4)c4nc(c(-c5ccc(C)cc5)c5ccc2[n-]5)C=C4)C=C3)cc1.[Zn+2]. The molecule has 0 saturated heterocycles. The number of fused-ring (bicyclic) bond motifs is 8. The standard InChI is InChI=1S/C50H37N4O4.Zn/c1-29-5-9-31(10-6-29)45-37-21-22-38(51-37)46(32-11-7-30(2)8-12-32)40-24-26-42(53-40)48(34-15-19-36(20-16-34)50(56)58-4)44-28-27-43(54-44)47(41-25-23-39(45)52-41)33-13-17-35(18-14-33)49(55)57-3;/h5-28H,1-4H3,(H-,51,52,53,54,55,56);/q-1;+2/p-1. The molecule has 0 aliphatic carbocycles. The molecular formula is C50H36N4O4Zn. The van der Waals surface area contributed by atoms with Crippen LogP contribution < -0.4 is 9.97 Å². The van der Waals surface area contributed by atoms with Gasteiger partial charge in [-0.3, -0.25) is 0 Å². The first kappa shape index (κ1) is 38.9. The van der Waals surface area contributed by atoms with Gasteiger partial charge in [0.25, 0.3) is 0 Å². The summed E-state index contributed by atoms with van der Waals surface area (Å²) < 4.78 is 9.98. The smallest absolute Gasteiger partial charge is 0.657 e. The summed E-state index contributed by atoms with van der Waals surface area (Å²) in [7, 11) is 2.74. The minimum absolute atomic E-state index is 0. The van der Waals surface area contributed by atoms with Crippen molar-refractivity contribution in [3.63, 3.8) is 0 Å². The molecule has 5 heterocycles. The van der Waals surface area contributed by atoms with Crippen molar-refractivity contribution in [2.45, 2.75) is 13.8 Å². The van der Waals surface area contributed by atoms with E-state index in [2.05, 4.69) is 74.5 Å². The molecule has 0 amide bonds. The largest absolute Gasteiger partial charge is 2.00 e. The van der Waals surface area contributed by atoms with E-state index < -0.39 is 11.9 Å². The molecule has 2 aliphatic heterocycles. The fourth-order valence-electron chi connectivity index (χ4n) is 7.49. The van der Waals surface area contributed by atoms with Crippen LogP contribution in [-0.4, -0.2) is 36.1 Å². The molecule has 0 radical (unpaired) electrons. The number of aromatic nitrogens is 4. The Balaban J connectivity index is 0.00000484. The third-order valence-corrected chi connectivity index (χ3v) is 10.5. The maximum atomic E-state index is 12.4. The second kappa shape index (κ2) is 16.1. The number of hydrogen-bond donors (Lipinski definition) is 0. The normalized spacial score (nSPS) is 11.6. The van der Waals surface area contributed by atoms with Crippen molar-refractivity contribution >= 4 is 58.3 Å². The van der Waals surface area contributed by atoms with Gasteiger partial charge in [-0.05, 0) is 107 Å². The summed E-state index contributed by atoms with van der Waals surface area (Å²) in [6, 6.07) is 39.5. The minimum Gasteiger partial charge on any atom is -0.657 e. The number of carbonyl (C=O) groups excluding carboxylic acids is 2. The fourth-order valence-corrected chi connectivity index (χ4v) is 7.49. The summed E-state index contributed by atoms with van der Waals surface area (Å²) in [5, 5.41) is 0. The van der Waals surface area contributed by atoms with Crippen molar-refractivity contribution in [3.05, 3.63) is 166 Å². The molecule has 9 rings (SSSR count). The first-order valence-electron chi connectivity index (χ1n) is 18.9. The Morgan fingerprint density at radius 3 is 0.915 bits per heavy atom. The molecule has 0 unspecified atom stereocenters. The van der Waals surface area contributed by atoms with E-state index in [1.54, 1.807) is 24.3 Å². The van der Waals surface area contributed by atoms with E-state index in [0.717, 1.165) is 78.1 Å². The van der Waals surface area contributed by atoms with E-state index in [4.69, 9.17) is 29.4 Å². The van der Waals surface area contributed by atoms with Crippen LogP contribution in [0.2, 0.25) is 0 Å². The number of methoxy groups -OCH3 is 2. The molecule has 8 bridgehead atoms. The molecule has 282 valence electrons. The van der Waals surface area contributed by atoms with Gasteiger partial charge in [0.2, 0.25) is 0 Å². The number of rotatable bonds is 6. The van der Waals surface area contributed by atoms with Crippen molar-refractivity contribution in [2.24, 2.45) is 0 Å². The monoisotopic (exact) mass is 820 g/mol. The summed E-state index contributed by atoms with van der Waals surface area (Å²) in [4.78, 5) is 46.1. The third-order valence-electron chi connectivity index (χ3n) is 10.5. The van der Waals surface area contributed by atoms with Crippen LogP contribution in [0.1, 0.15) is 54.6 Å². The number of nitrogens with zero attached hydrogens (tertiary/aromatic N) is 4. The minimum atomic E-state index is -0.419. The zero-order chi connectivity index (χ0) is 39.9. The Bertz CT molecular complexity index is 2790. The molecule has 9 heteroatoms. The van der Waals surface area contributed by atoms with Gasteiger partial charge in [0.1, 0.15) is 0 Å². The molecule has 0 N–H and O–H groups in total. The van der Waals surface area contributed by atoms with Crippen LogP contribution >= 0.6 is 0 Å². The first-order chi connectivity index (χ1) is 28.3. The number of benzene rings is 4. The van der Waals surface area contributed by atoms with Gasteiger partial charge >= 0.3 is 31.4 Å². The molecule has 59 heavy (non-hydrogen) atoms. The van der Waals surface area contributed by atoms with Gasteiger partial charge in [0.05, 0.1) is 48.1 Å². The van der Waals surface area contributed by atoms with Gasteiger partial charge in [0.15, 0.2) is 0 Å². The van der Waals surface area contributed by atoms with Crippen molar-refractivity contribution < 1.29 is 38.5 Å². The summed E-state index contributed by atoms with van der Waals surface area (Å²) >= 11 is 0. The average Bonchev–Trinajstić information content (AvgIpc) is 4.10. The molecule has 0 spiro atoms. The number of ether oxygens (including phenoxy) is 2. The Hall–Kier alpha value is -6.96. The van der Waals surface area contributed by atoms with E-state index in [0.29, 0.717) is 33.5 Å². The van der Waals surface area contributed by atoms with Crippen LogP contribution in [0.25, 0.3) is 90.9 Å². The van der Waals surface area contributed by atoms with Crippen molar-refractivity contribution in [1.82, 2.24) is 19.9 Å². The van der Waals surface area contributed by atoms with E-state index in [1.165, 1.54) is 14.2 Å². The zero-order valence-corrected chi connectivity index (χ0v) is 36.0. The second-order valence-electron chi connectivity index (χ2n) is 14.2. The van der Waals surface area contributed by atoms with Crippen molar-refractivity contribution in [2.75, 3.05) is 14.2 Å². The van der Waals surface area contributed by atoms with Gasteiger partial charge in [-0.2, -0.15) is 0 Å². The molecule has 0 atom stereocenters. The summed E-state index contributed by atoms with van der Waals surface area (Å²) in [5.74, 6) is -0.838. The molecule has 3 aromatic heterocycles. The van der Waals surface area contributed by atoms with Crippen LogP contribution in [0.3, 0.4) is 0 Å². The van der Waals surface area contributed by atoms with E-state index >= 15 is 0 Å². The van der Waals surface area contributed by atoms with Gasteiger partial charge in [-0.15, -0.1) is 22.1 Å². The van der Waals surface area contributed by atoms with Crippen molar-refractivity contribution in [3.8, 4) is 44.5 Å². The number of esters is 2. The number of aryl methyl sites for hydroxylation is 2. The summed E-state index contributed by atoms with van der Waals surface area (Å²) in [6.07, 6.45) is 8.07. The number of carbonyl (C=O) groups is 2. The molecule has 8 nitrogen and oxygen atoms in total. The maximum absolute atomic E-state index is 12.4. The Kier molecular flexibility index (Phi) is 10.6. The fraction of sp³-hybridized carbons (Fsp3) is 0.0800. The summed E-state index contributed by atoms with van der Waals surface area (Å²) in [6.45, 7) is 4.15. The Morgan fingerprint density at radius 2 is 0.661 bits per heavy atom. The molecule has 4 aromatic carbocycles. The van der Waals surface area contributed by atoms with Gasteiger partial charge < -0.3 is 19.4 Å². The van der Waals surface area contributed by atoms with E-state index in [-0.39, 0.29) is 19.5 Å². The first-order valence-corrected chi connectivity index (χ1v) is 18.9. The topological polar surface area (TPSA) is 107 Å². The van der Waals surface area contributed by atoms with Crippen LogP contribution in [0.5, 0.6) is 0 Å². The van der Waals surface area contributed by atoms with Gasteiger partial charge in [-0.25, -0.2) is 19.6 Å². The van der Waals surface area contributed by atoms with Gasteiger partial charge in [-0.1, -0.05) is 108 Å². The van der Waals surface area contributed by atoms with Crippen molar-refractivity contribution in [1.29, 1.82) is 0 Å². The van der Waals surface area contributed by atoms with Crippen LogP contribution in [-0.2, 0) is 29.0 Å². The summed E-state index contributed by atoms with van der Waals surface area (Å²) in [5.41, 5.74) is 16.0. The van der Waals surface area contributed by atoms with E-state index in [9.17, 15) is 9.59 Å². The molecule has 2 aliphatic rings. The molecule has 7 aromatic rings. The maximum Gasteiger partial charge on any atom is 2.00 e. The van der Waals surface area contributed by atoms with E-state index in [1.807, 2.05) is 60.7 Å². The van der Waals surface area contributed by atoms with Crippen LogP contribution in [0.15, 0.2) is 121 Å².